The second-order valence-electron chi connectivity index (χ2n) is 6.51. The van der Waals surface area contributed by atoms with E-state index in [2.05, 4.69) is 34.8 Å². The molecule has 0 aliphatic carbocycles. The number of rotatable bonds is 6. The van der Waals surface area contributed by atoms with Crippen LogP contribution in [0.5, 0.6) is 0 Å². The lowest BCUT2D eigenvalue weighted by Gasteiger charge is -2.20. The van der Waals surface area contributed by atoms with E-state index in [0.717, 1.165) is 25.2 Å². The quantitative estimate of drug-likeness (QED) is 0.854. The first kappa shape index (κ1) is 16.7. The average molecular weight is 326 g/mol. The molecule has 1 aromatic heterocycles. The summed E-state index contributed by atoms with van der Waals surface area (Å²) < 4.78 is 1.74. The fourth-order valence-electron chi connectivity index (χ4n) is 3.22. The Kier molecular flexibility index (Phi) is 5.64. The molecular formula is C19H26N4O. The number of hydrogen-bond acceptors (Lipinski definition) is 3. The van der Waals surface area contributed by atoms with Gasteiger partial charge in [0.25, 0.3) is 0 Å². The monoisotopic (exact) mass is 326 g/mol. The Bertz CT molecular complexity index is 674. The number of benzene rings is 1. The maximum atomic E-state index is 12.1. The summed E-state index contributed by atoms with van der Waals surface area (Å²) in [7, 11) is 0. The third kappa shape index (κ3) is 4.45. The van der Waals surface area contributed by atoms with Crippen LogP contribution in [-0.2, 0) is 17.8 Å². The molecule has 1 aromatic carbocycles. The number of carbonyl (C=O) groups excluding carboxylic acids is 1. The summed E-state index contributed by atoms with van der Waals surface area (Å²) in [5.41, 5.74) is 3.64. The van der Waals surface area contributed by atoms with Crippen molar-refractivity contribution in [2.75, 3.05) is 19.6 Å². The highest BCUT2D eigenvalue weighted by molar-refractivity contribution is 5.75. The Morgan fingerprint density at radius 3 is 3.04 bits per heavy atom. The lowest BCUT2D eigenvalue weighted by atomic mass is 9.97. The summed E-state index contributed by atoms with van der Waals surface area (Å²) in [6.45, 7) is 5.13. The Balaban J connectivity index is 1.45. The van der Waals surface area contributed by atoms with Gasteiger partial charge in [-0.1, -0.05) is 24.3 Å². The van der Waals surface area contributed by atoms with Crippen molar-refractivity contribution < 1.29 is 4.79 Å². The molecule has 128 valence electrons. The van der Waals surface area contributed by atoms with Crippen molar-refractivity contribution >= 4 is 5.91 Å². The first-order valence-electron chi connectivity index (χ1n) is 8.77. The summed E-state index contributed by atoms with van der Waals surface area (Å²) in [5.74, 6) is 0.490. The Labute approximate surface area is 143 Å². The van der Waals surface area contributed by atoms with E-state index in [1.807, 2.05) is 24.4 Å². The van der Waals surface area contributed by atoms with Gasteiger partial charge in [0.1, 0.15) is 6.54 Å². The summed E-state index contributed by atoms with van der Waals surface area (Å²) in [6.07, 6.45) is 5.13. The van der Waals surface area contributed by atoms with Crippen LogP contribution in [0.3, 0.4) is 0 Å². The minimum absolute atomic E-state index is 0.0139. The minimum atomic E-state index is 0.0139. The van der Waals surface area contributed by atoms with Crippen LogP contribution in [0.1, 0.15) is 35.6 Å². The first-order valence-corrected chi connectivity index (χ1v) is 8.77. The number of amides is 1. The number of nitrogens with zero attached hydrogens (tertiary/aromatic N) is 2. The molecule has 1 aliphatic rings. The van der Waals surface area contributed by atoms with Gasteiger partial charge in [0.05, 0.1) is 5.69 Å². The van der Waals surface area contributed by atoms with Crippen LogP contribution in [0.25, 0.3) is 0 Å². The fourth-order valence-corrected chi connectivity index (χ4v) is 3.22. The van der Waals surface area contributed by atoms with Gasteiger partial charge in [-0.25, -0.2) is 0 Å². The van der Waals surface area contributed by atoms with E-state index in [4.69, 9.17) is 0 Å². The molecule has 0 unspecified atom stereocenters. The van der Waals surface area contributed by atoms with Crippen LogP contribution in [0.2, 0.25) is 0 Å². The zero-order chi connectivity index (χ0) is 16.8. The standard InChI is InChI=1S/C19H26N4O/c1-15-5-2-3-6-16(15)8-11-21-19(24)14-23-12-9-18(22-23)17-7-4-10-20-13-17/h2-3,5-6,9,12,17,20H,4,7-8,10-11,13-14H2,1H3,(H,21,24)/t17-/m1/s1. The number of nitrogens with one attached hydrogen (secondary N) is 2. The first-order chi connectivity index (χ1) is 11.7. The van der Waals surface area contributed by atoms with Crippen molar-refractivity contribution in [1.82, 2.24) is 20.4 Å². The van der Waals surface area contributed by atoms with E-state index in [1.54, 1.807) is 4.68 Å². The highest BCUT2D eigenvalue weighted by Gasteiger charge is 2.17. The fraction of sp³-hybridized carbons (Fsp3) is 0.474. The Hall–Kier alpha value is -2.14. The topological polar surface area (TPSA) is 59.0 Å². The van der Waals surface area contributed by atoms with Gasteiger partial charge in [-0.3, -0.25) is 9.48 Å². The van der Waals surface area contributed by atoms with Crippen molar-refractivity contribution in [2.45, 2.75) is 38.6 Å². The zero-order valence-corrected chi connectivity index (χ0v) is 14.3. The largest absolute Gasteiger partial charge is 0.354 e. The van der Waals surface area contributed by atoms with Crippen LogP contribution in [-0.4, -0.2) is 35.3 Å². The Morgan fingerprint density at radius 2 is 2.25 bits per heavy atom. The van der Waals surface area contributed by atoms with Crippen molar-refractivity contribution in [2.24, 2.45) is 0 Å². The van der Waals surface area contributed by atoms with Gasteiger partial charge in [0, 0.05) is 25.2 Å². The molecule has 0 spiro atoms. The highest BCUT2D eigenvalue weighted by atomic mass is 16.2. The normalized spacial score (nSPS) is 17.6. The van der Waals surface area contributed by atoms with Gasteiger partial charge in [-0.15, -0.1) is 0 Å². The van der Waals surface area contributed by atoms with E-state index in [0.29, 0.717) is 12.5 Å². The molecule has 0 radical (unpaired) electrons. The van der Waals surface area contributed by atoms with E-state index in [1.165, 1.54) is 24.0 Å². The van der Waals surface area contributed by atoms with Crippen LogP contribution in [0, 0.1) is 6.92 Å². The lowest BCUT2D eigenvalue weighted by Crippen LogP contribution is -2.30. The molecule has 1 saturated heterocycles. The predicted molar refractivity (Wildman–Crippen MR) is 95.0 cm³/mol. The smallest absolute Gasteiger partial charge is 0.241 e. The number of aromatic nitrogens is 2. The van der Waals surface area contributed by atoms with Crippen LogP contribution in [0.15, 0.2) is 36.5 Å². The number of hydrogen-bond donors (Lipinski definition) is 2. The zero-order valence-electron chi connectivity index (χ0n) is 14.3. The molecule has 1 amide bonds. The van der Waals surface area contributed by atoms with Crippen LogP contribution in [0.4, 0.5) is 0 Å². The maximum absolute atomic E-state index is 12.1. The summed E-state index contributed by atoms with van der Waals surface area (Å²) in [5, 5.41) is 11.0. The third-order valence-corrected chi connectivity index (χ3v) is 4.66. The summed E-state index contributed by atoms with van der Waals surface area (Å²) in [6, 6.07) is 10.3. The third-order valence-electron chi connectivity index (χ3n) is 4.66. The van der Waals surface area contributed by atoms with E-state index < -0.39 is 0 Å². The second-order valence-corrected chi connectivity index (χ2v) is 6.51. The van der Waals surface area contributed by atoms with Crippen LogP contribution >= 0.6 is 0 Å². The predicted octanol–water partition coefficient (Wildman–Crippen LogP) is 2.02. The molecule has 5 nitrogen and oxygen atoms in total. The molecule has 0 bridgehead atoms. The van der Waals surface area contributed by atoms with E-state index in [9.17, 15) is 4.79 Å². The molecule has 24 heavy (non-hydrogen) atoms. The van der Waals surface area contributed by atoms with Gasteiger partial charge in [0.2, 0.25) is 5.91 Å². The van der Waals surface area contributed by atoms with Gasteiger partial charge in [-0.05, 0) is 49.9 Å². The van der Waals surface area contributed by atoms with E-state index in [-0.39, 0.29) is 12.5 Å². The molecule has 0 saturated carbocycles. The van der Waals surface area contributed by atoms with Crippen molar-refractivity contribution in [3.63, 3.8) is 0 Å². The van der Waals surface area contributed by atoms with Crippen LogP contribution < -0.4 is 10.6 Å². The molecule has 1 fully saturated rings. The van der Waals surface area contributed by atoms with Gasteiger partial charge >= 0.3 is 0 Å². The minimum Gasteiger partial charge on any atom is -0.354 e. The number of piperidine rings is 1. The number of aryl methyl sites for hydroxylation is 1. The maximum Gasteiger partial charge on any atom is 0.241 e. The molecule has 2 aromatic rings. The molecule has 2 heterocycles. The van der Waals surface area contributed by atoms with Crippen molar-refractivity contribution in [3.05, 3.63) is 53.3 Å². The lowest BCUT2D eigenvalue weighted by molar-refractivity contribution is -0.121. The summed E-state index contributed by atoms with van der Waals surface area (Å²) >= 11 is 0. The van der Waals surface area contributed by atoms with Gasteiger partial charge in [0.15, 0.2) is 0 Å². The summed E-state index contributed by atoms with van der Waals surface area (Å²) in [4.78, 5) is 12.1. The molecule has 3 rings (SSSR count). The molecule has 2 N–H and O–H groups in total. The van der Waals surface area contributed by atoms with Crippen molar-refractivity contribution in [1.29, 1.82) is 0 Å². The van der Waals surface area contributed by atoms with E-state index >= 15 is 0 Å². The Morgan fingerprint density at radius 1 is 1.38 bits per heavy atom. The molecule has 1 atom stereocenters. The van der Waals surface area contributed by atoms with Gasteiger partial charge < -0.3 is 10.6 Å². The second kappa shape index (κ2) is 8.11. The average Bonchev–Trinajstić information content (AvgIpc) is 3.06. The SMILES string of the molecule is Cc1ccccc1CCNC(=O)Cn1ccc([C@@H]2CCCNC2)n1. The highest BCUT2D eigenvalue weighted by Crippen LogP contribution is 2.21. The van der Waals surface area contributed by atoms with Gasteiger partial charge in [-0.2, -0.15) is 5.10 Å². The number of carbonyl (C=O) groups is 1. The molecular weight excluding hydrogens is 300 g/mol. The molecule has 1 aliphatic heterocycles. The molecule has 5 heteroatoms. The van der Waals surface area contributed by atoms with Crippen molar-refractivity contribution in [3.8, 4) is 0 Å².